The molecule has 0 fully saturated rings. The number of primary amides is 1. The van der Waals surface area contributed by atoms with Gasteiger partial charge in [0.1, 0.15) is 12.3 Å². The van der Waals surface area contributed by atoms with E-state index in [-0.39, 0.29) is 6.42 Å². The summed E-state index contributed by atoms with van der Waals surface area (Å²) in [4.78, 5) is 20.9. The lowest BCUT2D eigenvalue weighted by atomic mass is 10.2. The number of hydrogen-bond donors (Lipinski definition) is 4. The van der Waals surface area contributed by atoms with Crippen LogP contribution >= 0.6 is 0 Å². The average molecular weight is 188 g/mol. The summed E-state index contributed by atoms with van der Waals surface area (Å²) in [5.74, 6) is -2.00. The predicted molar refractivity (Wildman–Crippen MR) is 44.6 cm³/mol. The molecule has 1 unspecified atom stereocenters. The quantitative estimate of drug-likeness (QED) is 0.296. The summed E-state index contributed by atoms with van der Waals surface area (Å²) < 4.78 is 0. The lowest BCUT2D eigenvalue weighted by Gasteiger charge is -2.14. The number of amides is 1. The predicted octanol–water partition coefficient (Wildman–Crippen LogP) is -1.59. The number of hydrogen-bond acceptors (Lipinski definition) is 4. The first-order valence-corrected chi connectivity index (χ1v) is 3.55. The summed E-state index contributed by atoms with van der Waals surface area (Å²) in [5, 5.41) is 19.7. The van der Waals surface area contributed by atoms with Gasteiger partial charge in [-0.2, -0.15) is 0 Å². The van der Waals surface area contributed by atoms with Gasteiger partial charge in [0.25, 0.3) is 0 Å². The maximum Gasteiger partial charge on any atom is 0.321 e. The van der Waals surface area contributed by atoms with Crippen molar-refractivity contribution in [2.45, 2.75) is 18.7 Å². The molecule has 0 aromatic carbocycles. The number of aliphatic carboxylic acids is 1. The first kappa shape index (κ1) is 11.6. The van der Waals surface area contributed by atoms with E-state index in [0.717, 1.165) is 6.08 Å². The molecule has 0 saturated heterocycles. The van der Waals surface area contributed by atoms with Crippen LogP contribution < -0.4 is 11.1 Å². The molecular formula is C7H12N2O4. The maximum absolute atomic E-state index is 10.5. The van der Waals surface area contributed by atoms with Gasteiger partial charge in [0.2, 0.25) is 5.91 Å². The van der Waals surface area contributed by atoms with Crippen molar-refractivity contribution < 1.29 is 19.8 Å². The normalized spacial score (nSPS) is 14.5. The van der Waals surface area contributed by atoms with Crippen LogP contribution in [0.5, 0.6) is 0 Å². The number of carboxylic acids is 1. The molecule has 2 atom stereocenters. The highest BCUT2D eigenvalue weighted by Gasteiger charge is 2.20. The number of aliphatic hydroxyl groups excluding tert-OH is 1. The zero-order valence-corrected chi connectivity index (χ0v) is 6.93. The van der Waals surface area contributed by atoms with Gasteiger partial charge in [0, 0.05) is 0 Å². The summed E-state index contributed by atoms with van der Waals surface area (Å²) in [6, 6.07) is -1.19. The van der Waals surface area contributed by atoms with E-state index < -0.39 is 24.1 Å². The zero-order chi connectivity index (χ0) is 10.4. The minimum Gasteiger partial charge on any atom is -0.480 e. The van der Waals surface area contributed by atoms with Crippen molar-refractivity contribution in [3.63, 3.8) is 0 Å². The van der Waals surface area contributed by atoms with Gasteiger partial charge in [0.05, 0.1) is 6.42 Å². The van der Waals surface area contributed by atoms with Crippen LogP contribution in [0.2, 0.25) is 0 Å². The van der Waals surface area contributed by atoms with Crippen molar-refractivity contribution >= 4 is 11.9 Å². The van der Waals surface area contributed by atoms with Gasteiger partial charge in [-0.25, -0.2) is 0 Å². The zero-order valence-electron chi connectivity index (χ0n) is 6.93. The minimum atomic E-state index is -1.25. The van der Waals surface area contributed by atoms with Crippen LogP contribution in [0.25, 0.3) is 0 Å². The van der Waals surface area contributed by atoms with E-state index >= 15 is 0 Å². The molecular weight excluding hydrogens is 176 g/mol. The summed E-state index contributed by atoms with van der Waals surface area (Å²) in [6.07, 6.45) is -0.433. The average Bonchev–Trinajstić information content (AvgIpc) is 2.02. The Morgan fingerprint density at radius 3 is 2.46 bits per heavy atom. The van der Waals surface area contributed by atoms with Gasteiger partial charge in [-0.05, 0) is 6.08 Å². The molecule has 74 valence electrons. The number of rotatable bonds is 6. The fourth-order valence-electron chi connectivity index (χ4n) is 0.693. The molecule has 0 bridgehead atoms. The van der Waals surface area contributed by atoms with Crippen LogP contribution in [-0.2, 0) is 9.59 Å². The Hall–Kier alpha value is -1.40. The van der Waals surface area contributed by atoms with Crippen LogP contribution in [0.3, 0.4) is 0 Å². The molecule has 0 heterocycles. The number of aliphatic hydroxyl groups is 1. The molecule has 0 aliphatic carbocycles. The summed E-state index contributed by atoms with van der Waals surface area (Å²) >= 11 is 0. The molecule has 0 aliphatic heterocycles. The van der Waals surface area contributed by atoms with E-state index in [1.165, 1.54) is 0 Å². The van der Waals surface area contributed by atoms with E-state index in [2.05, 4.69) is 11.9 Å². The summed E-state index contributed by atoms with van der Waals surface area (Å²) in [5.41, 5.74) is 4.80. The van der Waals surface area contributed by atoms with Crippen LogP contribution in [-0.4, -0.2) is 34.4 Å². The lowest BCUT2D eigenvalue weighted by Crippen LogP contribution is -2.44. The highest BCUT2D eigenvalue weighted by atomic mass is 16.4. The van der Waals surface area contributed by atoms with E-state index in [1.807, 2.05) is 0 Å². The Morgan fingerprint density at radius 2 is 2.15 bits per heavy atom. The van der Waals surface area contributed by atoms with Crippen molar-refractivity contribution in [1.29, 1.82) is 0 Å². The van der Waals surface area contributed by atoms with E-state index in [0.29, 0.717) is 0 Å². The van der Waals surface area contributed by atoms with Crippen LogP contribution in [0, 0.1) is 0 Å². The molecule has 0 rings (SSSR count). The van der Waals surface area contributed by atoms with Crippen molar-refractivity contribution in [1.82, 2.24) is 5.32 Å². The number of nitrogens with one attached hydrogen (secondary N) is 1. The first-order valence-electron chi connectivity index (χ1n) is 3.55. The van der Waals surface area contributed by atoms with E-state index in [4.69, 9.17) is 15.9 Å². The third-order valence-electron chi connectivity index (χ3n) is 1.30. The van der Waals surface area contributed by atoms with E-state index in [9.17, 15) is 9.59 Å². The minimum absolute atomic E-state index is 0.375. The van der Waals surface area contributed by atoms with Crippen molar-refractivity contribution in [3.05, 3.63) is 12.7 Å². The second kappa shape index (κ2) is 5.28. The van der Waals surface area contributed by atoms with Gasteiger partial charge in [-0.15, -0.1) is 0 Å². The molecule has 5 N–H and O–H groups in total. The highest BCUT2D eigenvalue weighted by molar-refractivity contribution is 5.83. The number of nitrogens with two attached hydrogens (primary N) is 1. The second-order valence-electron chi connectivity index (χ2n) is 2.41. The topological polar surface area (TPSA) is 113 Å². The van der Waals surface area contributed by atoms with Crippen LogP contribution in [0.4, 0.5) is 0 Å². The van der Waals surface area contributed by atoms with Gasteiger partial charge in [-0.3, -0.25) is 14.9 Å². The highest BCUT2D eigenvalue weighted by Crippen LogP contribution is 1.93. The van der Waals surface area contributed by atoms with E-state index in [1.54, 1.807) is 0 Å². The third kappa shape index (κ3) is 4.94. The first-order chi connectivity index (χ1) is 5.97. The molecule has 0 saturated carbocycles. The second-order valence-corrected chi connectivity index (χ2v) is 2.41. The molecule has 13 heavy (non-hydrogen) atoms. The molecule has 0 radical (unpaired) electrons. The molecule has 0 spiro atoms. The number of carbonyl (C=O) groups excluding carboxylic acids is 1. The number of carbonyl (C=O) groups is 2. The van der Waals surface area contributed by atoms with Crippen LogP contribution in [0.15, 0.2) is 12.7 Å². The molecule has 6 heteroatoms. The molecule has 1 amide bonds. The van der Waals surface area contributed by atoms with Crippen molar-refractivity contribution in [2.75, 3.05) is 0 Å². The lowest BCUT2D eigenvalue weighted by molar-refractivity contribution is -0.142. The Bertz CT molecular complexity index is 217. The standard InChI is InChI=1S/C7H12N2O4/c1-2-6(11)9-4(7(12)13)3-5(8)10/h2,4,6,9,11H,1,3H2,(H2,8,10)(H,12,13)/t4-,6?/m0/s1. The van der Waals surface area contributed by atoms with Gasteiger partial charge >= 0.3 is 5.97 Å². The maximum atomic E-state index is 10.5. The molecule has 0 aromatic heterocycles. The SMILES string of the molecule is C=CC(O)N[C@@H](CC(N)=O)C(=O)O. The fourth-order valence-corrected chi connectivity index (χ4v) is 0.693. The Labute approximate surface area is 75.0 Å². The van der Waals surface area contributed by atoms with Crippen molar-refractivity contribution in [2.24, 2.45) is 5.73 Å². The fraction of sp³-hybridized carbons (Fsp3) is 0.429. The molecule has 0 aliphatic rings. The third-order valence-corrected chi connectivity index (χ3v) is 1.30. The molecule has 0 aromatic rings. The largest absolute Gasteiger partial charge is 0.480 e. The Morgan fingerprint density at radius 1 is 1.62 bits per heavy atom. The van der Waals surface area contributed by atoms with Gasteiger partial charge in [0.15, 0.2) is 0 Å². The summed E-state index contributed by atoms with van der Waals surface area (Å²) in [6.45, 7) is 3.23. The Kier molecular flexibility index (Phi) is 4.71. The summed E-state index contributed by atoms with van der Waals surface area (Å²) in [7, 11) is 0. The van der Waals surface area contributed by atoms with Crippen molar-refractivity contribution in [3.8, 4) is 0 Å². The smallest absolute Gasteiger partial charge is 0.321 e. The van der Waals surface area contributed by atoms with Gasteiger partial charge < -0.3 is 15.9 Å². The van der Waals surface area contributed by atoms with Crippen LogP contribution in [0.1, 0.15) is 6.42 Å². The molecule has 6 nitrogen and oxygen atoms in total. The van der Waals surface area contributed by atoms with Gasteiger partial charge in [-0.1, -0.05) is 6.58 Å². The monoisotopic (exact) mass is 188 g/mol. The number of carboxylic acid groups (broad SMARTS) is 1. The Balaban J connectivity index is 4.17.